The number of hydrogen-bond acceptors (Lipinski definition) is 3. The van der Waals surface area contributed by atoms with Crippen molar-refractivity contribution in [2.75, 3.05) is 0 Å². The van der Waals surface area contributed by atoms with Crippen LogP contribution in [0.1, 0.15) is 11.1 Å². The summed E-state index contributed by atoms with van der Waals surface area (Å²) in [5.41, 5.74) is 2.38. The van der Waals surface area contributed by atoms with Gasteiger partial charge >= 0.3 is 0 Å². The molecule has 1 heterocycles. The molecule has 0 saturated carbocycles. The predicted molar refractivity (Wildman–Crippen MR) is 67.8 cm³/mol. The predicted octanol–water partition coefficient (Wildman–Crippen LogP) is 1.43. The number of carbonyl (C=O) groups is 2. The molecule has 1 aliphatic heterocycles. The van der Waals surface area contributed by atoms with Gasteiger partial charge in [-0.25, -0.2) is 0 Å². The second-order valence-electron chi connectivity index (χ2n) is 4.04. The van der Waals surface area contributed by atoms with Crippen molar-refractivity contribution in [1.29, 1.82) is 0 Å². The molecule has 1 fully saturated rings. The molecular formula is C12H14N2O2S. The van der Waals surface area contributed by atoms with Crippen LogP contribution in [-0.4, -0.2) is 23.1 Å². The van der Waals surface area contributed by atoms with Crippen LogP contribution in [0.4, 0.5) is 4.79 Å². The van der Waals surface area contributed by atoms with Crippen molar-refractivity contribution in [3.05, 3.63) is 35.4 Å². The molecule has 0 radical (unpaired) electrons. The van der Waals surface area contributed by atoms with Gasteiger partial charge in [0, 0.05) is 0 Å². The molecule has 2 amide bonds. The van der Waals surface area contributed by atoms with Crippen molar-refractivity contribution in [2.45, 2.75) is 24.8 Å². The molecule has 1 aliphatic rings. The molecule has 90 valence electrons. The molecule has 5 heteroatoms. The number of carbonyl (C=O) groups excluding carboxylic acids is 2. The molecule has 0 aliphatic carbocycles. The molecule has 2 atom stereocenters. The van der Waals surface area contributed by atoms with E-state index in [-0.39, 0.29) is 16.7 Å². The van der Waals surface area contributed by atoms with E-state index in [0.717, 1.165) is 6.42 Å². The minimum atomic E-state index is -0.272. The van der Waals surface area contributed by atoms with Crippen LogP contribution in [0.3, 0.4) is 0 Å². The maximum Gasteiger partial charge on any atom is 0.281 e. The molecule has 17 heavy (non-hydrogen) atoms. The molecule has 2 unspecified atom stereocenters. The van der Waals surface area contributed by atoms with Gasteiger partial charge in [0.15, 0.2) is 0 Å². The lowest BCUT2D eigenvalue weighted by Gasteiger charge is -2.16. The van der Waals surface area contributed by atoms with E-state index in [1.807, 2.05) is 19.1 Å². The van der Waals surface area contributed by atoms with Crippen molar-refractivity contribution in [3.8, 4) is 0 Å². The highest BCUT2D eigenvalue weighted by Gasteiger charge is 2.32. The van der Waals surface area contributed by atoms with E-state index < -0.39 is 0 Å². The summed E-state index contributed by atoms with van der Waals surface area (Å²) in [6, 6.07) is 8.20. The zero-order valence-electron chi connectivity index (χ0n) is 9.47. The molecule has 1 aromatic rings. The molecule has 0 bridgehead atoms. The third kappa shape index (κ3) is 3.00. The lowest BCUT2D eigenvalue weighted by molar-refractivity contribution is -0.110. The molecular weight excluding hydrogens is 236 g/mol. The Balaban J connectivity index is 2.04. The van der Waals surface area contributed by atoms with E-state index in [0.29, 0.717) is 6.41 Å². The van der Waals surface area contributed by atoms with Gasteiger partial charge in [0.25, 0.3) is 5.24 Å². The number of amides is 2. The average Bonchev–Trinajstić information content (AvgIpc) is 2.63. The second kappa shape index (κ2) is 5.23. The number of rotatable bonds is 4. The van der Waals surface area contributed by atoms with Crippen molar-refractivity contribution in [2.24, 2.45) is 0 Å². The van der Waals surface area contributed by atoms with Crippen LogP contribution in [0.15, 0.2) is 24.3 Å². The largest absolute Gasteiger partial charge is 0.338 e. The fraction of sp³-hybridized carbons (Fsp3) is 0.333. The van der Waals surface area contributed by atoms with Gasteiger partial charge in [-0.1, -0.05) is 41.6 Å². The van der Waals surface area contributed by atoms with E-state index in [9.17, 15) is 9.59 Å². The van der Waals surface area contributed by atoms with Crippen LogP contribution in [0, 0.1) is 6.92 Å². The van der Waals surface area contributed by atoms with Crippen LogP contribution in [-0.2, 0) is 11.2 Å². The van der Waals surface area contributed by atoms with E-state index >= 15 is 0 Å². The van der Waals surface area contributed by atoms with Crippen molar-refractivity contribution in [1.82, 2.24) is 10.6 Å². The molecule has 0 spiro atoms. The van der Waals surface area contributed by atoms with Gasteiger partial charge < -0.3 is 10.6 Å². The first-order chi connectivity index (χ1) is 8.19. The van der Waals surface area contributed by atoms with Crippen LogP contribution < -0.4 is 10.6 Å². The number of nitrogens with one attached hydrogen (secondary N) is 2. The lowest BCUT2D eigenvalue weighted by atomic mass is 10.1. The molecule has 2 N–H and O–H groups in total. The Labute approximate surface area is 104 Å². The molecule has 1 aromatic carbocycles. The van der Waals surface area contributed by atoms with Crippen molar-refractivity contribution >= 4 is 23.4 Å². The Hall–Kier alpha value is -1.49. The standard InChI is InChI=1S/C12H14N2O2S/c1-8-2-4-9(5-3-8)6-10-11(13-7-15)14-12(16)17-10/h2-5,7,10-11H,6H2,1H3,(H,13,15)(H,14,16). The summed E-state index contributed by atoms with van der Waals surface area (Å²) in [6.07, 6.45) is 1.11. The topological polar surface area (TPSA) is 58.2 Å². The number of hydrogen-bond donors (Lipinski definition) is 2. The normalized spacial score (nSPS) is 23.2. The second-order valence-corrected chi connectivity index (χ2v) is 5.25. The Morgan fingerprint density at radius 2 is 2.12 bits per heavy atom. The smallest absolute Gasteiger partial charge is 0.281 e. The van der Waals surface area contributed by atoms with Crippen molar-refractivity contribution < 1.29 is 9.59 Å². The summed E-state index contributed by atoms with van der Waals surface area (Å²) in [4.78, 5) is 21.7. The zero-order chi connectivity index (χ0) is 12.3. The van der Waals surface area contributed by atoms with E-state index in [2.05, 4.69) is 22.8 Å². The van der Waals surface area contributed by atoms with E-state index in [4.69, 9.17) is 0 Å². The highest BCUT2D eigenvalue weighted by Crippen LogP contribution is 2.25. The third-order valence-corrected chi connectivity index (χ3v) is 3.78. The Kier molecular flexibility index (Phi) is 3.68. The van der Waals surface area contributed by atoms with E-state index in [1.165, 1.54) is 22.9 Å². The molecule has 1 saturated heterocycles. The molecule has 0 aromatic heterocycles. The summed E-state index contributed by atoms with van der Waals surface area (Å²) in [5.74, 6) is 0. The highest BCUT2D eigenvalue weighted by molar-refractivity contribution is 8.14. The van der Waals surface area contributed by atoms with Crippen molar-refractivity contribution in [3.63, 3.8) is 0 Å². The van der Waals surface area contributed by atoms with Gasteiger partial charge in [0.05, 0.1) is 5.25 Å². The maximum absolute atomic E-state index is 11.3. The van der Waals surface area contributed by atoms with Gasteiger partial charge in [0.2, 0.25) is 6.41 Å². The summed E-state index contributed by atoms with van der Waals surface area (Å²) in [6.45, 7) is 2.04. The minimum Gasteiger partial charge on any atom is -0.338 e. The Morgan fingerprint density at radius 3 is 2.76 bits per heavy atom. The Morgan fingerprint density at radius 1 is 1.41 bits per heavy atom. The summed E-state index contributed by atoms with van der Waals surface area (Å²) < 4.78 is 0. The van der Waals surface area contributed by atoms with Crippen LogP contribution in [0.5, 0.6) is 0 Å². The summed E-state index contributed by atoms with van der Waals surface area (Å²) >= 11 is 1.24. The number of benzene rings is 1. The van der Waals surface area contributed by atoms with Crippen LogP contribution in [0.25, 0.3) is 0 Å². The van der Waals surface area contributed by atoms with Gasteiger partial charge in [0.1, 0.15) is 6.17 Å². The number of aryl methyl sites for hydroxylation is 1. The Bertz CT molecular complexity index is 419. The van der Waals surface area contributed by atoms with Gasteiger partial charge in [-0.15, -0.1) is 0 Å². The van der Waals surface area contributed by atoms with Gasteiger partial charge in [-0.2, -0.15) is 0 Å². The third-order valence-electron chi connectivity index (χ3n) is 2.71. The van der Waals surface area contributed by atoms with Crippen LogP contribution in [0.2, 0.25) is 0 Å². The fourth-order valence-electron chi connectivity index (χ4n) is 1.80. The highest BCUT2D eigenvalue weighted by atomic mass is 32.2. The van der Waals surface area contributed by atoms with E-state index in [1.54, 1.807) is 0 Å². The summed E-state index contributed by atoms with van der Waals surface area (Å²) in [7, 11) is 0. The van der Waals surface area contributed by atoms with Gasteiger partial charge in [-0.05, 0) is 18.9 Å². The number of thioether (sulfide) groups is 1. The first-order valence-corrected chi connectivity index (χ1v) is 6.29. The summed E-state index contributed by atoms with van der Waals surface area (Å²) in [5, 5.41) is 5.31. The first-order valence-electron chi connectivity index (χ1n) is 5.41. The quantitative estimate of drug-likeness (QED) is 0.795. The minimum absolute atomic E-state index is 0.0513. The fourth-order valence-corrected chi connectivity index (χ4v) is 2.83. The first kappa shape index (κ1) is 12.0. The maximum atomic E-state index is 11.3. The lowest BCUT2D eigenvalue weighted by Crippen LogP contribution is -2.44. The average molecular weight is 250 g/mol. The van der Waals surface area contributed by atoms with Gasteiger partial charge in [-0.3, -0.25) is 9.59 Å². The SMILES string of the molecule is Cc1ccc(CC2SC(=O)NC2NC=O)cc1. The molecule has 2 rings (SSSR count). The van der Waals surface area contributed by atoms with Crippen LogP contribution >= 0.6 is 11.8 Å². The monoisotopic (exact) mass is 250 g/mol. The zero-order valence-corrected chi connectivity index (χ0v) is 10.3. The molecule has 4 nitrogen and oxygen atoms in total.